The number of hydrogen-bond donors (Lipinski definition) is 0. The molecular weight excluding hydrogens is 328 g/mol. The van der Waals surface area contributed by atoms with Crippen molar-refractivity contribution >= 4 is 16.9 Å². The van der Waals surface area contributed by atoms with Gasteiger partial charge >= 0.3 is 0 Å². The van der Waals surface area contributed by atoms with Gasteiger partial charge in [-0.05, 0) is 37.8 Å². The minimum absolute atomic E-state index is 0.175. The predicted octanol–water partition coefficient (Wildman–Crippen LogP) is 2.24. The number of benzene rings is 1. The summed E-state index contributed by atoms with van der Waals surface area (Å²) < 4.78 is 4.12. The average molecular weight is 352 g/mol. The number of carbonyl (C=O) groups excluding carboxylic acids is 1. The van der Waals surface area contributed by atoms with Gasteiger partial charge in [0.25, 0.3) is 0 Å². The van der Waals surface area contributed by atoms with Crippen LogP contribution in [0.1, 0.15) is 31.3 Å². The van der Waals surface area contributed by atoms with Gasteiger partial charge < -0.3 is 9.47 Å². The number of para-hydroxylation sites is 2. The Bertz CT molecular complexity index is 919. The van der Waals surface area contributed by atoms with Crippen molar-refractivity contribution in [2.45, 2.75) is 39.8 Å². The molecule has 136 valence electrons. The Morgan fingerprint density at radius 2 is 2.00 bits per heavy atom. The molecular formula is C19H24N6O. The lowest BCUT2D eigenvalue weighted by Gasteiger charge is -2.31. The van der Waals surface area contributed by atoms with E-state index in [9.17, 15) is 4.79 Å². The first-order valence-corrected chi connectivity index (χ1v) is 9.16. The summed E-state index contributed by atoms with van der Waals surface area (Å²) in [6, 6.07) is 8.16. The van der Waals surface area contributed by atoms with E-state index in [2.05, 4.69) is 25.9 Å². The van der Waals surface area contributed by atoms with Crippen LogP contribution in [0.15, 0.2) is 30.5 Å². The molecule has 0 aliphatic carbocycles. The van der Waals surface area contributed by atoms with Gasteiger partial charge in [-0.1, -0.05) is 17.3 Å². The van der Waals surface area contributed by atoms with Crippen LogP contribution in [-0.2, 0) is 17.9 Å². The third-order valence-electron chi connectivity index (χ3n) is 5.26. The van der Waals surface area contributed by atoms with E-state index in [0.717, 1.165) is 55.0 Å². The largest absolute Gasteiger partial charge is 0.343 e. The second-order valence-corrected chi connectivity index (χ2v) is 7.12. The van der Waals surface area contributed by atoms with Crippen LogP contribution >= 0.6 is 0 Å². The van der Waals surface area contributed by atoms with E-state index < -0.39 is 0 Å². The molecule has 0 N–H and O–H groups in total. The highest BCUT2D eigenvalue weighted by Gasteiger charge is 2.21. The Balaban J connectivity index is 1.42. The molecule has 0 saturated carbocycles. The SMILES string of the molecule is CC(=O)N1CCC(Cn2cc(Cn3c(C)nc4ccccc43)nn2)CC1. The Hall–Kier alpha value is -2.70. The fraction of sp³-hybridized carbons (Fsp3) is 0.474. The molecule has 1 aromatic carbocycles. The van der Waals surface area contributed by atoms with E-state index in [1.807, 2.05) is 40.9 Å². The third kappa shape index (κ3) is 3.34. The van der Waals surface area contributed by atoms with E-state index >= 15 is 0 Å². The van der Waals surface area contributed by atoms with Crippen LogP contribution in [0, 0.1) is 12.8 Å². The van der Waals surface area contributed by atoms with Gasteiger partial charge in [0.15, 0.2) is 0 Å². The highest BCUT2D eigenvalue weighted by molar-refractivity contribution is 5.76. The van der Waals surface area contributed by atoms with Crippen molar-refractivity contribution in [1.29, 1.82) is 0 Å². The van der Waals surface area contributed by atoms with Crippen LogP contribution in [0.4, 0.5) is 0 Å². The van der Waals surface area contributed by atoms with Crippen LogP contribution in [0.5, 0.6) is 0 Å². The highest BCUT2D eigenvalue weighted by Crippen LogP contribution is 2.20. The van der Waals surface area contributed by atoms with E-state index in [1.54, 1.807) is 6.92 Å². The Morgan fingerprint density at radius 1 is 1.23 bits per heavy atom. The van der Waals surface area contributed by atoms with Crippen LogP contribution in [0.25, 0.3) is 11.0 Å². The van der Waals surface area contributed by atoms with Crippen molar-refractivity contribution in [3.8, 4) is 0 Å². The predicted molar refractivity (Wildman–Crippen MR) is 98.6 cm³/mol. The first-order chi connectivity index (χ1) is 12.6. The molecule has 1 aliphatic rings. The topological polar surface area (TPSA) is 68.8 Å². The zero-order chi connectivity index (χ0) is 18.1. The monoisotopic (exact) mass is 352 g/mol. The van der Waals surface area contributed by atoms with E-state index in [4.69, 9.17) is 0 Å². The first kappa shape index (κ1) is 16.8. The van der Waals surface area contributed by atoms with Crippen LogP contribution in [-0.4, -0.2) is 48.4 Å². The van der Waals surface area contributed by atoms with Gasteiger partial charge in [-0.2, -0.15) is 0 Å². The molecule has 7 nitrogen and oxygen atoms in total. The standard InChI is InChI=1S/C19H24N6O/c1-14-20-18-5-3-4-6-19(18)25(14)13-17-12-24(22-21-17)11-16-7-9-23(10-8-16)15(2)26/h3-6,12,16H,7-11,13H2,1-2H3. The van der Waals surface area contributed by atoms with E-state index in [-0.39, 0.29) is 5.91 Å². The van der Waals surface area contributed by atoms with Crippen LogP contribution < -0.4 is 0 Å². The highest BCUT2D eigenvalue weighted by atomic mass is 16.2. The maximum absolute atomic E-state index is 11.4. The fourth-order valence-electron chi connectivity index (χ4n) is 3.75. The van der Waals surface area contributed by atoms with Crippen LogP contribution in [0.2, 0.25) is 0 Å². The van der Waals surface area contributed by atoms with Gasteiger partial charge in [-0.3, -0.25) is 9.48 Å². The average Bonchev–Trinajstić information content (AvgIpc) is 3.20. The third-order valence-corrected chi connectivity index (χ3v) is 5.26. The number of amides is 1. The summed E-state index contributed by atoms with van der Waals surface area (Å²) in [7, 11) is 0. The van der Waals surface area contributed by atoms with Gasteiger partial charge in [-0.25, -0.2) is 4.98 Å². The Labute approximate surface area is 152 Å². The smallest absolute Gasteiger partial charge is 0.219 e. The van der Waals surface area contributed by atoms with Gasteiger partial charge in [0, 0.05) is 26.6 Å². The fourth-order valence-corrected chi connectivity index (χ4v) is 3.75. The van der Waals surface area contributed by atoms with Gasteiger partial charge in [0.05, 0.1) is 23.8 Å². The minimum atomic E-state index is 0.175. The molecule has 0 bridgehead atoms. The van der Waals surface area contributed by atoms with Crippen molar-refractivity contribution in [3.63, 3.8) is 0 Å². The molecule has 0 radical (unpaired) electrons. The number of fused-ring (bicyclic) bond motifs is 1. The zero-order valence-corrected chi connectivity index (χ0v) is 15.3. The second-order valence-electron chi connectivity index (χ2n) is 7.12. The van der Waals surface area contributed by atoms with Crippen LogP contribution in [0.3, 0.4) is 0 Å². The molecule has 0 unspecified atom stereocenters. The molecule has 3 heterocycles. The number of rotatable bonds is 4. The number of hydrogen-bond acceptors (Lipinski definition) is 4. The molecule has 26 heavy (non-hydrogen) atoms. The number of aromatic nitrogens is 5. The van der Waals surface area contributed by atoms with Crippen molar-refractivity contribution in [2.24, 2.45) is 5.92 Å². The second kappa shape index (κ2) is 6.90. The summed E-state index contributed by atoms with van der Waals surface area (Å²) in [4.78, 5) is 18.0. The number of piperidine rings is 1. The lowest BCUT2D eigenvalue weighted by atomic mass is 9.97. The summed E-state index contributed by atoms with van der Waals surface area (Å²) in [5.41, 5.74) is 3.07. The number of aryl methyl sites for hydroxylation is 1. The lowest BCUT2D eigenvalue weighted by molar-refractivity contribution is -0.130. The number of nitrogens with zero attached hydrogens (tertiary/aromatic N) is 6. The molecule has 0 spiro atoms. The van der Waals surface area contributed by atoms with E-state index in [1.165, 1.54) is 0 Å². The summed E-state index contributed by atoms with van der Waals surface area (Å²) in [6.45, 7) is 6.90. The molecule has 1 amide bonds. The Morgan fingerprint density at radius 3 is 2.77 bits per heavy atom. The van der Waals surface area contributed by atoms with E-state index in [0.29, 0.717) is 12.5 Å². The quantitative estimate of drug-likeness (QED) is 0.722. The van der Waals surface area contributed by atoms with Crippen molar-refractivity contribution < 1.29 is 4.79 Å². The van der Waals surface area contributed by atoms with Crippen molar-refractivity contribution in [1.82, 2.24) is 29.4 Å². The van der Waals surface area contributed by atoms with Gasteiger partial charge in [0.1, 0.15) is 11.5 Å². The summed E-state index contributed by atoms with van der Waals surface area (Å²) in [5, 5.41) is 8.65. The molecule has 1 aliphatic heterocycles. The zero-order valence-electron chi connectivity index (χ0n) is 15.3. The number of likely N-dealkylation sites (tertiary alicyclic amines) is 1. The maximum Gasteiger partial charge on any atom is 0.219 e. The van der Waals surface area contributed by atoms with Crippen molar-refractivity contribution in [3.05, 3.63) is 42.0 Å². The van der Waals surface area contributed by atoms with Gasteiger partial charge in [-0.15, -0.1) is 5.10 Å². The molecule has 0 atom stereocenters. The molecule has 3 aromatic rings. The molecule has 1 fully saturated rings. The summed E-state index contributed by atoms with van der Waals surface area (Å²) >= 11 is 0. The van der Waals surface area contributed by atoms with Gasteiger partial charge in [0.2, 0.25) is 5.91 Å². The number of imidazole rings is 1. The molecule has 4 rings (SSSR count). The minimum Gasteiger partial charge on any atom is -0.343 e. The molecule has 1 saturated heterocycles. The summed E-state index contributed by atoms with van der Waals surface area (Å²) in [6.07, 6.45) is 4.09. The summed E-state index contributed by atoms with van der Waals surface area (Å²) in [5.74, 6) is 1.71. The molecule has 7 heteroatoms. The Kier molecular flexibility index (Phi) is 4.44. The number of carbonyl (C=O) groups is 1. The maximum atomic E-state index is 11.4. The van der Waals surface area contributed by atoms with Crippen molar-refractivity contribution in [2.75, 3.05) is 13.1 Å². The molecule has 2 aromatic heterocycles. The normalized spacial score (nSPS) is 15.7. The first-order valence-electron chi connectivity index (χ1n) is 9.16. The lowest BCUT2D eigenvalue weighted by Crippen LogP contribution is -2.38.